The lowest BCUT2D eigenvalue weighted by Crippen LogP contribution is -2.50. The van der Waals surface area contributed by atoms with Gasteiger partial charge in [-0.15, -0.1) is 24.0 Å². The summed E-state index contributed by atoms with van der Waals surface area (Å²) in [5.41, 5.74) is 2.27. The maximum atomic E-state index is 10.8. The number of ether oxygens (including phenoxy) is 1. The highest BCUT2D eigenvalue weighted by Gasteiger charge is 2.41. The van der Waals surface area contributed by atoms with Crippen LogP contribution in [0.3, 0.4) is 0 Å². The Kier molecular flexibility index (Phi) is 9.27. The van der Waals surface area contributed by atoms with Gasteiger partial charge >= 0.3 is 0 Å². The highest BCUT2D eigenvalue weighted by atomic mass is 127. The molecule has 0 aromatic heterocycles. The molecule has 0 amide bonds. The van der Waals surface area contributed by atoms with Crippen LogP contribution in [0.5, 0.6) is 0 Å². The number of hydrogen-bond donors (Lipinski definition) is 2. The summed E-state index contributed by atoms with van der Waals surface area (Å²) in [6, 6.07) is 17.4. The third kappa shape index (κ3) is 6.55. The molecule has 2 aromatic rings. The average Bonchev–Trinajstić information content (AvgIpc) is 3.25. The zero-order valence-electron chi connectivity index (χ0n) is 18.7. The maximum absolute atomic E-state index is 10.8. The van der Waals surface area contributed by atoms with Crippen LogP contribution in [-0.2, 0) is 11.3 Å². The number of halogens is 1. The van der Waals surface area contributed by atoms with Crippen molar-refractivity contribution < 1.29 is 9.66 Å². The van der Waals surface area contributed by atoms with Crippen molar-refractivity contribution in [3.8, 4) is 0 Å². The first-order valence-corrected chi connectivity index (χ1v) is 11.0. The first-order valence-electron chi connectivity index (χ1n) is 11.0. The van der Waals surface area contributed by atoms with E-state index >= 15 is 0 Å². The molecule has 0 spiro atoms. The second kappa shape index (κ2) is 12.1. The topological polar surface area (TPSA) is 95.3 Å². The van der Waals surface area contributed by atoms with E-state index in [0.29, 0.717) is 19.1 Å². The van der Waals surface area contributed by atoms with Crippen molar-refractivity contribution in [1.82, 2.24) is 15.1 Å². The Labute approximate surface area is 211 Å². The van der Waals surface area contributed by atoms with E-state index in [4.69, 9.17) is 4.74 Å². The molecule has 0 bridgehead atoms. The number of anilines is 1. The summed E-state index contributed by atoms with van der Waals surface area (Å²) in [4.78, 5) is 19.6. The predicted molar refractivity (Wildman–Crippen MR) is 140 cm³/mol. The van der Waals surface area contributed by atoms with Crippen LogP contribution in [0.25, 0.3) is 0 Å². The summed E-state index contributed by atoms with van der Waals surface area (Å²) < 4.78 is 6.08. The van der Waals surface area contributed by atoms with E-state index in [-0.39, 0.29) is 35.8 Å². The number of likely N-dealkylation sites (tertiary alicyclic amines) is 1. The van der Waals surface area contributed by atoms with Crippen LogP contribution < -0.4 is 10.6 Å². The van der Waals surface area contributed by atoms with Crippen LogP contribution in [0.4, 0.5) is 11.4 Å². The average molecular weight is 566 g/mol. The monoisotopic (exact) mass is 566 g/mol. The molecule has 2 fully saturated rings. The molecule has 4 rings (SSSR count). The second-order valence-electron chi connectivity index (χ2n) is 8.04. The molecule has 2 aliphatic heterocycles. The number of morpholine rings is 1. The van der Waals surface area contributed by atoms with Crippen molar-refractivity contribution in [2.75, 3.05) is 51.7 Å². The van der Waals surface area contributed by atoms with Gasteiger partial charge in [-0.1, -0.05) is 30.3 Å². The number of aliphatic imine (C=N–C) groups is 1. The van der Waals surface area contributed by atoms with Crippen molar-refractivity contribution in [2.45, 2.75) is 18.7 Å². The lowest BCUT2D eigenvalue weighted by Gasteiger charge is -2.36. The van der Waals surface area contributed by atoms with Gasteiger partial charge in [-0.2, -0.15) is 0 Å². The van der Waals surface area contributed by atoms with Gasteiger partial charge < -0.3 is 20.3 Å². The molecule has 2 aromatic carbocycles. The summed E-state index contributed by atoms with van der Waals surface area (Å²) in [6.07, 6.45) is 0.184. The fourth-order valence-electron chi connectivity index (χ4n) is 4.36. The summed E-state index contributed by atoms with van der Waals surface area (Å²) in [6.45, 7) is 5.70. The number of hydrogen-bond acceptors (Lipinski definition) is 6. The van der Waals surface area contributed by atoms with Crippen LogP contribution >= 0.6 is 24.0 Å². The molecule has 178 valence electrons. The smallest absolute Gasteiger partial charge is 0.269 e. The fraction of sp³-hybridized carbons (Fsp3) is 0.435. The Morgan fingerprint density at radius 2 is 1.91 bits per heavy atom. The highest BCUT2D eigenvalue weighted by Crippen LogP contribution is 2.24. The van der Waals surface area contributed by atoms with E-state index in [1.165, 1.54) is 17.7 Å². The standard InChI is InChI=1S/C23H30N6O3.HI/c1-24-23(26-12-11-25-19-7-9-20(10-8-19)29(30)31)28-16-21-22(17-28)32-14-13-27(21)15-18-5-3-2-4-6-18;/h2-10,21-22,25H,11-17H2,1H3,(H,24,26);1H. The summed E-state index contributed by atoms with van der Waals surface area (Å²) in [5.74, 6) is 0.869. The van der Waals surface area contributed by atoms with Gasteiger partial charge in [0.05, 0.1) is 23.7 Å². The van der Waals surface area contributed by atoms with Gasteiger partial charge in [0.1, 0.15) is 0 Å². The summed E-state index contributed by atoms with van der Waals surface area (Å²) >= 11 is 0. The lowest BCUT2D eigenvalue weighted by atomic mass is 10.1. The largest absolute Gasteiger partial charge is 0.383 e. The molecule has 9 nitrogen and oxygen atoms in total. The Hall–Kier alpha value is -2.44. The number of rotatable bonds is 7. The van der Waals surface area contributed by atoms with Crippen LogP contribution in [0.2, 0.25) is 0 Å². The van der Waals surface area contributed by atoms with Crippen molar-refractivity contribution in [3.05, 3.63) is 70.3 Å². The number of guanidine groups is 1. The molecule has 0 radical (unpaired) electrons. The van der Waals surface area contributed by atoms with E-state index in [0.717, 1.165) is 44.4 Å². The molecule has 2 unspecified atom stereocenters. The number of nitrogens with zero attached hydrogens (tertiary/aromatic N) is 4. The van der Waals surface area contributed by atoms with Gasteiger partial charge in [0, 0.05) is 64.1 Å². The van der Waals surface area contributed by atoms with Gasteiger partial charge in [-0.25, -0.2) is 0 Å². The van der Waals surface area contributed by atoms with Crippen molar-refractivity contribution >= 4 is 41.3 Å². The molecular formula is C23H31IN6O3. The number of benzene rings is 2. The van der Waals surface area contributed by atoms with Gasteiger partial charge in [0.15, 0.2) is 5.96 Å². The normalized spacial score (nSPS) is 20.6. The lowest BCUT2D eigenvalue weighted by molar-refractivity contribution is -0.384. The summed E-state index contributed by atoms with van der Waals surface area (Å²) in [7, 11) is 1.80. The van der Waals surface area contributed by atoms with Crippen molar-refractivity contribution in [3.63, 3.8) is 0 Å². The van der Waals surface area contributed by atoms with E-state index in [2.05, 4.69) is 55.8 Å². The number of nitro benzene ring substituents is 1. The molecular weight excluding hydrogens is 535 g/mol. The first-order chi connectivity index (χ1) is 15.6. The van der Waals surface area contributed by atoms with E-state index in [1.54, 1.807) is 19.2 Å². The minimum Gasteiger partial charge on any atom is -0.383 e. The van der Waals surface area contributed by atoms with E-state index in [1.807, 2.05) is 0 Å². The number of nitro groups is 1. The van der Waals surface area contributed by atoms with Gasteiger partial charge in [0.2, 0.25) is 0 Å². The van der Waals surface area contributed by atoms with Crippen molar-refractivity contribution in [1.29, 1.82) is 0 Å². The van der Waals surface area contributed by atoms with Crippen LogP contribution in [0, 0.1) is 10.1 Å². The third-order valence-electron chi connectivity index (χ3n) is 5.97. The third-order valence-corrected chi connectivity index (χ3v) is 5.97. The molecule has 2 heterocycles. The van der Waals surface area contributed by atoms with Crippen LogP contribution in [-0.4, -0.2) is 79.2 Å². The number of fused-ring (bicyclic) bond motifs is 1. The van der Waals surface area contributed by atoms with Gasteiger partial charge in [-0.05, 0) is 17.7 Å². The van der Waals surface area contributed by atoms with E-state index in [9.17, 15) is 10.1 Å². The molecule has 0 saturated carbocycles. The molecule has 2 aliphatic rings. The zero-order chi connectivity index (χ0) is 22.3. The SMILES string of the molecule is CN=C(NCCNc1ccc([N+](=O)[O-])cc1)N1CC2OCCN(Cc3ccccc3)C2C1.I. The minimum absolute atomic E-state index is 0. The maximum Gasteiger partial charge on any atom is 0.269 e. The van der Waals surface area contributed by atoms with Crippen molar-refractivity contribution in [2.24, 2.45) is 4.99 Å². The van der Waals surface area contributed by atoms with Crippen LogP contribution in [0.1, 0.15) is 5.56 Å². The minimum atomic E-state index is -0.395. The first kappa shape index (κ1) is 25.2. The Morgan fingerprint density at radius 1 is 1.15 bits per heavy atom. The van der Waals surface area contributed by atoms with Crippen LogP contribution in [0.15, 0.2) is 59.6 Å². The Morgan fingerprint density at radius 3 is 2.61 bits per heavy atom. The second-order valence-corrected chi connectivity index (χ2v) is 8.04. The molecule has 33 heavy (non-hydrogen) atoms. The molecule has 2 atom stereocenters. The number of nitrogens with one attached hydrogen (secondary N) is 2. The fourth-order valence-corrected chi connectivity index (χ4v) is 4.36. The van der Waals surface area contributed by atoms with Gasteiger partial charge in [-0.3, -0.25) is 20.0 Å². The molecule has 10 heteroatoms. The van der Waals surface area contributed by atoms with Gasteiger partial charge in [0.25, 0.3) is 5.69 Å². The number of non-ortho nitro benzene ring substituents is 1. The summed E-state index contributed by atoms with van der Waals surface area (Å²) in [5, 5.41) is 17.4. The molecule has 2 N–H and O–H groups in total. The quantitative estimate of drug-likeness (QED) is 0.133. The highest BCUT2D eigenvalue weighted by molar-refractivity contribution is 14.0. The zero-order valence-corrected chi connectivity index (χ0v) is 21.1. The Balaban J connectivity index is 0.00000306. The van der Waals surface area contributed by atoms with E-state index < -0.39 is 4.92 Å². The Bertz CT molecular complexity index is 928. The molecule has 2 saturated heterocycles. The predicted octanol–water partition coefficient (Wildman–Crippen LogP) is 2.79. The molecule has 0 aliphatic carbocycles.